The van der Waals surface area contributed by atoms with Crippen LogP contribution in [0.4, 0.5) is 11.6 Å². The van der Waals surface area contributed by atoms with Crippen LogP contribution in [0.25, 0.3) is 0 Å². The molecular weight excluding hydrogens is 256 g/mol. The van der Waals surface area contributed by atoms with Gasteiger partial charge in [0.2, 0.25) is 11.9 Å². The lowest BCUT2D eigenvalue weighted by molar-refractivity contribution is -0.116. The van der Waals surface area contributed by atoms with Gasteiger partial charge in [-0.15, -0.1) is 0 Å². The lowest BCUT2D eigenvalue weighted by atomic mass is 10.2. The molecule has 0 aliphatic rings. The number of nitrogens with one attached hydrogen (secondary N) is 1. The minimum Gasteiger partial charge on any atom is -0.369 e. The van der Waals surface area contributed by atoms with Gasteiger partial charge in [-0.2, -0.15) is 0 Å². The molecule has 20 heavy (non-hydrogen) atoms. The van der Waals surface area contributed by atoms with Crippen molar-refractivity contribution in [2.24, 2.45) is 0 Å². The van der Waals surface area contributed by atoms with Gasteiger partial charge in [0, 0.05) is 17.4 Å². The quantitative estimate of drug-likeness (QED) is 0.874. The first-order chi connectivity index (χ1) is 9.47. The molecule has 1 amide bonds. The van der Waals surface area contributed by atoms with Crippen LogP contribution in [-0.2, 0) is 11.3 Å². The second-order valence-corrected chi connectivity index (χ2v) is 4.54. The zero-order chi connectivity index (χ0) is 14.7. The molecule has 0 unspecified atom stereocenters. The van der Waals surface area contributed by atoms with Crippen LogP contribution < -0.4 is 16.6 Å². The lowest BCUT2D eigenvalue weighted by Crippen LogP contribution is -2.30. The van der Waals surface area contributed by atoms with E-state index in [1.54, 1.807) is 13.0 Å². The molecule has 0 radical (unpaired) electrons. The number of carbonyl (C=O) groups excluding carboxylic acids is 1. The van der Waals surface area contributed by atoms with Gasteiger partial charge in [0.05, 0.1) is 0 Å². The fourth-order valence-electron chi connectivity index (χ4n) is 1.85. The third-order valence-corrected chi connectivity index (χ3v) is 2.89. The summed E-state index contributed by atoms with van der Waals surface area (Å²) >= 11 is 0. The molecule has 104 valence electrons. The summed E-state index contributed by atoms with van der Waals surface area (Å²) < 4.78 is 1.14. The molecule has 6 nitrogen and oxygen atoms in total. The van der Waals surface area contributed by atoms with Crippen LogP contribution in [0.5, 0.6) is 0 Å². The Kier molecular flexibility index (Phi) is 3.84. The van der Waals surface area contributed by atoms with E-state index >= 15 is 0 Å². The number of nitrogen functional groups attached to an aromatic ring is 1. The Morgan fingerprint density at radius 3 is 2.70 bits per heavy atom. The number of benzene rings is 1. The average Bonchev–Trinajstić information content (AvgIpc) is 2.36. The Morgan fingerprint density at radius 1 is 1.35 bits per heavy atom. The fourth-order valence-corrected chi connectivity index (χ4v) is 1.85. The molecule has 2 aromatic rings. The second kappa shape index (κ2) is 5.56. The van der Waals surface area contributed by atoms with Gasteiger partial charge in [0.25, 0.3) is 5.56 Å². The van der Waals surface area contributed by atoms with Gasteiger partial charge in [0.15, 0.2) is 0 Å². The maximum Gasteiger partial charge on any atom is 0.255 e. The number of amides is 1. The Morgan fingerprint density at radius 2 is 2.05 bits per heavy atom. The number of aromatic nitrogens is 2. The minimum absolute atomic E-state index is 0.0370. The first kappa shape index (κ1) is 13.8. The maximum atomic E-state index is 12.0. The van der Waals surface area contributed by atoms with Crippen molar-refractivity contribution in [1.82, 2.24) is 9.55 Å². The van der Waals surface area contributed by atoms with E-state index in [1.807, 2.05) is 25.1 Å². The highest BCUT2D eigenvalue weighted by Gasteiger charge is 2.10. The lowest BCUT2D eigenvalue weighted by Gasteiger charge is -2.11. The van der Waals surface area contributed by atoms with Crippen LogP contribution in [-0.4, -0.2) is 15.5 Å². The molecule has 0 atom stereocenters. The van der Waals surface area contributed by atoms with Crippen LogP contribution in [0.1, 0.15) is 11.3 Å². The van der Waals surface area contributed by atoms with Gasteiger partial charge >= 0.3 is 0 Å². The van der Waals surface area contributed by atoms with E-state index in [2.05, 4.69) is 10.3 Å². The number of rotatable bonds is 3. The van der Waals surface area contributed by atoms with Crippen molar-refractivity contribution in [3.05, 3.63) is 51.9 Å². The van der Waals surface area contributed by atoms with E-state index in [9.17, 15) is 9.59 Å². The van der Waals surface area contributed by atoms with Crippen LogP contribution in [0.3, 0.4) is 0 Å². The topological polar surface area (TPSA) is 90.0 Å². The van der Waals surface area contributed by atoms with Gasteiger partial charge in [-0.3, -0.25) is 14.2 Å². The summed E-state index contributed by atoms with van der Waals surface area (Å²) in [6.45, 7) is 3.41. The third-order valence-electron chi connectivity index (χ3n) is 2.89. The largest absolute Gasteiger partial charge is 0.369 e. The molecule has 1 aromatic carbocycles. The number of hydrogen-bond acceptors (Lipinski definition) is 4. The summed E-state index contributed by atoms with van der Waals surface area (Å²) in [5, 5.41) is 2.75. The number of nitrogens with zero attached hydrogens (tertiary/aromatic N) is 2. The third kappa shape index (κ3) is 3.03. The Labute approximate surface area is 116 Å². The molecule has 3 N–H and O–H groups in total. The van der Waals surface area contributed by atoms with Gasteiger partial charge in [-0.25, -0.2) is 4.98 Å². The summed E-state index contributed by atoms with van der Waals surface area (Å²) in [6, 6.07) is 8.75. The van der Waals surface area contributed by atoms with Gasteiger partial charge in [-0.05, 0) is 25.5 Å². The normalized spacial score (nSPS) is 10.3. The zero-order valence-corrected chi connectivity index (χ0v) is 11.4. The number of nitrogens with two attached hydrogens (primary N) is 1. The van der Waals surface area contributed by atoms with Crippen molar-refractivity contribution in [3.63, 3.8) is 0 Å². The maximum absolute atomic E-state index is 12.0. The number of anilines is 2. The van der Waals surface area contributed by atoms with Crippen molar-refractivity contribution in [2.75, 3.05) is 11.1 Å². The first-order valence-corrected chi connectivity index (χ1v) is 6.17. The van der Waals surface area contributed by atoms with Gasteiger partial charge in [-0.1, -0.05) is 18.2 Å². The van der Waals surface area contributed by atoms with Crippen LogP contribution in [0, 0.1) is 13.8 Å². The van der Waals surface area contributed by atoms with Crippen molar-refractivity contribution < 1.29 is 4.79 Å². The van der Waals surface area contributed by atoms with E-state index in [1.165, 1.54) is 6.07 Å². The van der Waals surface area contributed by atoms with Gasteiger partial charge in [0.1, 0.15) is 6.54 Å². The predicted molar refractivity (Wildman–Crippen MR) is 77.5 cm³/mol. The Hall–Kier alpha value is -2.63. The molecule has 2 rings (SSSR count). The number of para-hydroxylation sites is 1. The molecule has 1 aromatic heterocycles. The minimum atomic E-state index is -0.338. The zero-order valence-electron chi connectivity index (χ0n) is 11.4. The molecule has 6 heteroatoms. The van der Waals surface area contributed by atoms with E-state index in [4.69, 9.17) is 5.73 Å². The standard InChI is InChI=1S/C14H16N4O2/c1-9-5-3-4-6-11(9)17-12(19)8-18-13(20)7-10(2)16-14(18)15/h3-7H,8H2,1-2H3,(H2,15,16)(H,17,19). The molecule has 0 bridgehead atoms. The van der Waals surface area contributed by atoms with Crippen molar-refractivity contribution in [1.29, 1.82) is 0 Å². The van der Waals surface area contributed by atoms with E-state index in [0.717, 1.165) is 10.1 Å². The smallest absolute Gasteiger partial charge is 0.255 e. The van der Waals surface area contributed by atoms with E-state index < -0.39 is 0 Å². The monoisotopic (exact) mass is 272 g/mol. The molecule has 0 fully saturated rings. The summed E-state index contributed by atoms with van der Waals surface area (Å²) in [5.41, 5.74) is 7.52. The Balaban J connectivity index is 2.17. The SMILES string of the molecule is Cc1cc(=O)n(CC(=O)Nc2ccccc2C)c(N)n1. The highest BCUT2D eigenvalue weighted by Crippen LogP contribution is 2.13. The fraction of sp³-hybridized carbons (Fsp3) is 0.214. The van der Waals surface area contributed by atoms with Crippen molar-refractivity contribution in [2.45, 2.75) is 20.4 Å². The van der Waals surface area contributed by atoms with Crippen LogP contribution in [0.2, 0.25) is 0 Å². The van der Waals surface area contributed by atoms with Gasteiger partial charge < -0.3 is 11.1 Å². The van der Waals surface area contributed by atoms with Crippen molar-refractivity contribution >= 4 is 17.5 Å². The number of hydrogen-bond donors (Lipinski definition) is 2. The molecular formula is C14H16N4O2. The summed E-state index contributed by atoms with van der Waals surface area (Å²) in [6.07, 6.45) is 0. The molecule has 0 saturated carbocycles. The average molecular weight is 272 g/mol. The Bertz CT molecular complexity index is 707. The van der Waals surface area contributed by atoms with E-state index in [-0.39, 0.29) is 24.0 Å². The summed E-state index contributed by atoms with van der Waals surface area (Å²) in [7, 11) is 0. The summed E-state index contributed by atoms with van der Waals surface area (Å²) in [4.78, 5) is 27.7. The number of aryl methyl sites for hydroxylation is 2. The van der Waals surface area contributed by atoms with Crippen LogP contribution >= 0.6 is 0 Å². The molecule has 0 saturated heterocycles. The van der Waals surface area contributed by atoms with Crippen molar-refractivity contribution in [3.8, 4) is 0 Å². The van der Waals surface area contributed by atoms with E-state index in [0.29, 0.717) is 11.4 Å². The highest BCUT2D eigenvalue weighted by atomic mass is 16.2. The second-order valence-electron chi connectivity index (χ2n) is 4.54. The first-order valence-electron chi connectivity index (χ1n) is 6.17. The number of carbonyl (C=O) groups is 1. The highest BCUT2D eigenvalue weighted by molar-refractivity contribution is 5.91. The summed E-state index contributed by atoms with van der Waals surface area (Å²) in [5.74, 6) is -0.284. The molecule has 0 aliphatic heterocycles. The molecule has 0 aliphatic carbocycles. The molecule has 0 spiro atoms. The van der Waals surface area contributed by atoms with Crippen LogP contribution in [0.15, 0.2) is 35.1 Å². The predicted octanol–water partition coefficient (Wildman–Crippen LogP) is 1.08. The molecule has 1 heterocycles.